The minimum Gasteiger partial charge on any atom is -0.388 e. The molecule has 1 aliphatic carbocycles. The molecule has 84 valence electrons. The topological polar surface area (TPSA) is 42.2 Å². The summed E-state index contributed by atoms with van der Waals surface area (Å²) in [7, 11) is -1.63. The van der Waals surface area contributed by atoms with E-state index in [-0.39, 0.29) is 20.9 Å². The lowest BCUT2D eigenvalue weighted by atomic mass is 9.95. The number of rotatable bonds is 1. The smallest absolute Gasteiger partial charge is 0.238 e. The molecule has 0 saturated heterocycles. The molecule has 1 aromatic rings. The summed E-state index contributed by atoms with van der Waals surface area (Å²) in [6, 6.07) is 0. The van der Waals surface area contributed by atoms with Crippen molar-refractivity contribution in [3.05, 3.63) is 17.2 Å². The van der Waals surface area contributed by atoms with Gasteiger partial charge in [-0.3, -0.25) is 4.21 Å². The first-order chi connectivity index (χ1) is 7.04. The summed E-state index contributed by atoms with van der Waals surface area (Å²) in [5, 5.41) is 9.65. The molecule has 0 spiro atoms. The second-order valence-corrected chi connectivity index (χ2v) is 4.94. The van der Waals surface area contributed by atoms with Gasteiger partial charge in [-0.05, 0) is 19.3 Å². The van der Waals surface area contributed by atoms with Crippen molar-refractivity contribution < 1.29 is 18.2 Å². The van der Waals surface area contributed by atoms with E-state index in [1.165, 1.54) is 6.26 Å². The van der Waals surface area contributed by atoms with E-state index in [1.54, 1.807) is 0 Å². The Morgan fingerprint density at radius 1 is 1.60 bits per heavy atom. The zero-order valence-electron chi connectivity index (χ0n) is 8.17. The van der Waals surface area contributed by atoms with Gasteiger partial charge in [0.05, 0.1) is 22.6 Å². The van der Waals surface area contributed by atoms with E-state index in [4.69, 9.17) is 0 Å². The second-order valence-electron chi connectivity index (χ2n) is 3.62. The molecule has 3 nitrogen and oxygen atoms in total. The molecule has 1 N–H and O–H groups in total. The number of fused-ring (bicyclic) bond motifs is 1. The molecule has 2 rings (SSSR count). The van der Waals surface area contributed by atoms with Gasteiger partial charge < -0.3 is 5.11 Å². The van der Waals surface area contributed by atoms with Crippen LogP contribution in [0.5, 0.6) is 0 Å². The van der Waals surface area contributed by atoms with Crippen LogP contribution in [0.2, 0.25) is 0 Å². The van der Waals surface area contributed by atoms with E-state index in [9.17, 15) is 18.2 Å². The average Bonchev–Trinajstić information content (AvgIpc) is 2.43. The number of hydrogen-bond donors (Lipinski definition) is 1. The summed E-state index contributed by atoms with van der Waals surface area (Å²) in [6.45, 7) is 0. The van der Waals surface area contributed by atoms with E-state index in [0.29, 0.717) is 19.3 Å². The standard InChI is InChI=1S/C9H11F2NO2S/c1-15(14)8-7-5(12(11)9(8)10)3-2-4-6(7)13/h6,13H,2-4H2,1H3/t6?,15-/m1/s1. The lowest BCUT2D eigenvalue weighted by Crippen LogP contribution is -2.10. The Hall–Kier alpha value is -0.750. The van der Waals surface area contributed by atoms with Gasteiger partial charge in [-0.25, -0.2) is 0 Å². The lowest BCUT2D eigenvalue weighted by Gasteiger charge is -2.18. The molecule has 1 unspecified atom stereocenters. The fourth-order valence-electron chi connectivity index (χ4n) is 2.01. The molecule has 1 aromatic heterocycles. The molecule has 1 heterocycles. The summed E-state index contributed by atoms with van der Waals surface area (Å²) in [6.07, 6.45) is 1.81. The van der Waals surface area contributed by atoms with Crippen LogP contribution >= 0.6 is 0 Å². The Morgan fingerprint density at radius 2 is 2.27 bits per heavy atom. The fourth-order valence-corrected chi connectivity index (χ4v) is 2.89. The second kappa shape index (κ2) is 3.68. The number of aliphatic hydroxyl groups excluding tert-OH is 1. The van der Waals surface area contributed by atoms with Crippen LogP contribution in [0.15, 0.2) is 4.90 Å². The van der Waals surface area contributed by atoms with Gasteiger partial charge in [-0.1, -0.05) is 4.48 Å². The molecule has 0 amide bonds. The first-order valence-electron chi connectivity index (χ1n) is 4.64. The summed E-state index contributed by atoms with van der Waals surface area (Å²) >= 11 is 0. The Morgan fingerprint density at radius 3 is 2.87 bits per heavy atom. The maximum absolute atomic E-state index is 13.4. The van der Waals surface area contributed by atoms with Crippen LogP contribution in [-0.2, 0) is 17.2 Å². The number of halogens is 2. The van der Waals surface area contributed by atoms with E-state index < -0.39 is 22.9 Å². The van der Waals surface area contributed by atoms with Gasteiger partial charge >= 0.3 is 0 Å². The number of aliphatic hydroxyl groups is 1. The van der Waals surface area contributed by atoms with Gasteiger partial charge in [0.1, 0.15) is 4.90 Å². The van der Waals surface area contributed by atoms with Crippen LogP contribution in [0.3, 0.4) is 0 Å². The number of aromatic nitrogens is 1. The van der Waals surface area contributed by atoms with Crippen LogP contribution in [0, 0.1) is 5.95 Å². The van der Waals surface area contributed by atoms with Crippen molar-refractivity contribution in [2.45, 2.75) is 30.3 Å². The molecular formula is C9H11F2NO2S. The zero-order chi connectivity index (χ0) is 11.2. The molecule has 0 aliphatic heterocycles. The highest BCUT2D eigenvalue weighted by molar-refractivity contribution is 7.84. The molecular weight excluding hydrogens is 224 g/mol. The van der Waals surface area contributed by atoms with E-state index in [0.717, 1.165) is 0 Å². The summed E-state index contributed by atoms with van der Waals surface area (Å²) in [5.74, 6) is -1.14. The fraction of sp³-hybridized carbons (Fsp3) is 0.556. The van der Waals surface area contributed by atoms with E-state index >= 15 is 0 Å². The van der Waals surface area contributed by atoms with Crippen LogP contribution in [0.1, 0.15) is 30.2 Å². The van der Waals surface area contributed by atoms with Gasteiger partial charge in [0, 0.05) is 11.8 Å². The van der Waals surface area contributed by atoms with Gasteiger partial charge in [-0.2, -0.15) is 9.18 Å². The predicted molar refractivity (Wildman–Crippen MR) is 51.1 cm³/mol. The van der Waals surface area contributed by atoms with Gasteiger partial charge in [0.15, 0.2) is 0 Å². The largest absolute Gasteiger partial charge is 0.388 e. The van der Waals surface area contributed by atoms with Crippen LogP contribution in [0.25, 0.3) is 0 Å². The van der Waals surface area contributed by atoms with E-state index in [2.05, 4.69) is 0 Å². The van der Waals surface area contributed by atoms with Gasteiger partial charge in [0.2, 0.25) is 5.95 Å². The van der Waals surface area contributed by atoms with Crippen molar-refractivity contribution in [3.63, 3.8) is 0 Å². The third kappa shape index (κ3) is 1.52. The maximum atomic E-state index is 13.4. The Bertz CT molecular complexity index is 430. The number of hydrogen-bond acceptors (Lipinski definition) is 2. The van der Waals surface area contributed by atoms with Crippen molar-refractivity contribution in [3.8, 4) is 0 Å². The molecule has 2 atom stereocenters. The SMILES string of the molecule is C[S@@](=O)c1c2c(n(F)c1F)CCCC2O. The van der Waals surface area contributed by atoms with Crippen molar-refractivity contribution in [2.24, 2.45) is 0 Å². The monoisotopic (exact) mass is 235 g/mol. The van der Waals surface area contributed by atoms with E-state index in [1.807, 2.05) is 0 Å². The molecule has 0 bridgehead atoms. The minimum absolute atomic E-state index is 0.0888. The third-order valence-corrected chi connectivity index (χ3v) is 3.63. The molecule has 15 heavy (non-hydrogen) atoms. The maximum Gasteiger partial charge on any atom is 0.238 e. The average molecular weight is 235 g/mol. The highest BCUT2D eigenvalue weighted by Crippen LogP contribution is 2.37. The van der Waals surface area contributed by atoms with Crippen LogP contribution < -0.4 is 0 Å². The number of nitrogens with zero attached hydrogens (tertiary/aromatic N) is 1. The summed E-state index contributed by atoms with van der Waals surface area (Å²) < 4.78 is 38.0. The molecule has 1 aliphatic rings. The first kappa shape index (κ1) is 10.8. The van der Waals surface area contributed by atoms with Gasteiger partial charge in [0.25, 0.3) is 0 Å². The summed E-state index contributed by atoms with van der Waals surface area (Å²) in [4.78, 5) is -0.284. The molecule has 0 saturated carbocycles. The third-order valence-electron chi connectivity index (χ3n) is 2.66. The van der Waals surface area contributed by atoms with Crippen molar-refractivity contribution in [2.75, 3.05) is 6.26 Å². The van der Waals surface area contributed by atoms with Gasteiger partial charge in [-0.15, -0.1) is 0 Å². The Balaban J connectivity index is 2.69. The summed E-state index contributed by atoms with van der Waals surface area (Å²) in [5.41, 5.74) is 0.304. The predicted octanol–water partition coefficient (Wildman–Crippen LogP) is 1.47. The molecule has 6 heteroatoms. The highest BCUT2D eigenvalue weighted by Gasteiger charge is 2.32. The Labute approximate surface area is 88.1 Å². The Kier molecular flexibility index (Phi) is 2.64. The lowest BCUT2D eigenvalue weighted by molar-refractivity contribution is 0.151. The molecule has 0 radical (unpaired) electrons. The minimum atomic E-state index is -1.63. The molecule has 0 aromatic carbocycles. The quantitative estimate of drug-likeness (QED) is 0.800. The molecule has 0 fully saturated rings. The van der Waals surface area contributed by atoms with Crippen molar-refractivity contribution >= 4 is 10.8 Å². The normalized spacial score (nSPS) is 22.5. The highest BCUT2D eigenvalue weighted by atomic mass is 32.2. The van der Waals surface area contributed by atoms with Crippen molar-refractivity contribution in [1.82, 2.24) is 4.79 Å². The zero-order valence-corrected chi connectivity index (χ0v) is 8.98. The van der Waals surface area contributed by atoms with Crippen molar-refractivity contribution in [1.29, 1.82) is 0 Å². The first-order valence-corrected chi connectivity index (χ1v) is 6.20. The van der Waals surface area contributed by atoms with Crippen LogP contribution in [0.4, 0.5) is 8.87 Å². The van der Waals surface area contributed by atoms with Crippen LogP contribution in [-0.4, -0.2) is 20.4 Å².